The van der Waals surface area contributed by atoms with E-state index in [2.05, 4.69) is 11.9 Å². The SMILES string of the molecule is C=C/C(C)=C\CC(=O)NCC. The third-order valence-corrected chi connectivity index (χ3v) is 1.31. The monoisotopic (exact) mass is 153 g/mol. The highest BCUT2D eigenvalue weighted by molar-refractivity contribution is 5.77. The molecule has 2 nitrogen and oxygen atoms in total. The molecule has 2 heteroatoms. The zero-order valence-corrected chi connectivity index (χ0v) is 7.18. The molecule has 0 bridgehead atoms. The highest BCUT2D eigenvalue weighted by Gasteiger charge is 1.93. The van der Waals surface area contributed by atoms with Gasteiger partial charge in [0.05, 0.1) is 0 Å². The quantitative estimate of drug-likeness (QED) is 0.611. The molecule has 1 amide bonds. The van der Waals surface area contributed by atoms with E-state index in [9.17, 15) is 4.79 Å². The van der Waals surface area contributed by atoms with Crippen molar-refractivity contribution in [2.75, 3.05) is 6.54 Å². The van der Waals surface area contributed by atoms with Crippen LogP contribution < -0.4 is 5.32 Å². The zero-order valence-electron chi connectivity index (χ0n) is 7.18. The second-order valence-corrected chi connectivity index (χ2v) is 2.31. The van der Waals surface area contributed by atoms with Crippen LogP contribution in [0, 0.1) is 0 Å². The Hall–Kier alpha value is -1.05. The number of rotatable bonds is 4. The Morgan fingerprint density at radius 2 is 2.27 bits per heavy atom. The van der Waals surface area contributed by atoms with Gasteiger partial charge in [-0.05, 0) is 13.8 Å². The Morgan fingerprint density at radius 3 is 2.73 bits per heavy atom. The van der Waals surface area contributed by atoms with Gasteiger partial charge >= 0.3 is 0 Å². The Balaban J connectivity index is 3.68. The Morgan fingerprint density at radius 1 is 1.64 bits per heavy atom. The van der Waals surface area contributed by atoms with Crippen molar-refractivity contribution in [3.8, 4) is 0 Å². The fourth-order valence-electron chi connectivity index (χ4n) is 0.606. The van der Waals surface area contributed by atoms with Gasteiger partial charge in [0.25, 0.3) is 0 Å². The van der Waals surface area contributed by atoms with Gasteiger partial charge in [0.1, 0.15) is 0 Å². The third-order valence-electron chi connectivity index (χ3n) is 1.31. The molecule has 0 saturated heterocycles. The van der Waals surface area contributed by atoms with Crippen LogP contribution in [0.3, 0.4) is 0 Å². The summed E-state index contributed by atoms with van der Waals surface area (Å²) in [5.41, 5.74) is 1.04. The number of hydrogen-bond donors (Lipinski definition) is 1. The molecule has 0 spiro atoms. The first-order chi connectivity index (χ1) is 5.20. The first-order valence-corrected chi connectivity index (χ1v) is 3.76. The maximum atomic E-state index is 10.9. The van der Waals surface area contributed by atoms with E-state index < -0.39 is 0 Å². The summed E-state index contributed by atoms with van der Waals surface area (Å²) in [6.07, 6.45) is 4.04. The second-order valence-electron chi connectivity index (χ2n) is 2.31. The number of carbonyl (C=O) groups excluding carboxylic acids is 1. The van der Waals surface area contributed by atoms with Crippen molar-refractivity contribution in [1.29, 1.82) is 0 Å². The van der Waals surface area contributed by atoms with Crippen molar-refractivity contribution in [3.05, 3.63) is 24.3 Å². The highest BCUT2D eigenvalue weighted by atomic mass is 16.1. The molecule has 0 aromatic carbocycles. The highest BCUT2D eigenvalue weighted by Crippen LogP contribution is 1.94. The van der Waals surface area contributed by atoms with E-state index in [1.165, 1.54) is 0 Å². The first-order valence-electron chi connectivity index (χ1n) is 3.76. The predicted molar refractivity (Wildman–Crippen MR) is 47.3 cm³/mol. The van der Waals surface area contributed by atoms with Crippen molar-refractivity contribution in [3.63, 3.8) is 0 Å². The van der Waals surface area contributed by atoms with Crippen molar-refractivity contribution < 1.29 is 4.79 Å². The van der Waals surface area contributed by atoms with Gasteiger partial charge in [0.15, 0.2) is 0 Å². The van der Waals surface area contributed by atoms with Crippen molar-refractivity contribution >= 4 is 5.91 Å². The van der Waals surface area contributed by atoms with Gasteiger partial charge in [-0.3, -0.25) is 4.79 Å². The predicted octanol–water partition coefficient (Wildman–Crippen LogP) is 1.64. The van der Waals surface area contributed by atoms with Gasteiger partial charge in [-0.25, -0.2) is 0 Å². The van der Waals surface area contributed by atoms with Crippen LogP contribution in [0.2, 0.25) is 0 Å². The molecule has 0 radical (unpaired) electrons. The van der Waals surface area contributed by atoms with E-state index in [-0.39, 0.29) is 5.91 Å². The normalized spacial score (nSPS) is 10.9. The van der Waals surface area contributed by atoms with Crippen LogP contribution in [0.1, 0.15) is 20.3 Å². The van der Waals surface area contributed by atoms with E-state index >= 15 is 0 Å². The molecule has 11 heavy (non-hydrogen) atoms. The summed E-state index contributed by atoms with van der Waals surface area (Å²) in [4.78, 5) is 10.9. The molecule has 0 atom stereocenters. The summed E-state index contributed by atoms with van der Waals surface area (Å²) in [5.74, 6) is 0.0636. The minimum atomic E-state index is 0.0636. The summed E-state index contributed by atoms with van der Waals surface area (Å²) < 4.78 is 0. The van der Waals surface area contributed by atoms with Gasteiger partial charge in [0.2, 0.25) is 5.91 Å². The fraction of sp³-hybridized carbons (Fsp3) is 0.444. The molecule has 0 saturated carbocycles. The summed E-state index contributed by atoms with van der Waals surface area (Å²) in [5, 5.41) is 2.71. The molecule has 0 aliphatic carbocycles. The molecule has 0 heterocycles. The van der Waals surface area contributed by atoms with Crippen LogP contribution >= 0.6 is 0 Å². The van der Waals surface area contributed by atoms with E-state index in [0.717, 1.165) is 5.57 Å². The minimum Gasteiger partial charge on any atom is -0.356 e. The smallest absolute Gasteiger partial charge is 0.223 e. The van der Waals surface area contributed by atoms with E-state index in [1.54, 1.807) is 6.08 Å². The number of nitrogens with one attached hydrogen (secondary N) is 1. The van der Waals surface area contributed by atoms with Gasteiger partial charge in [0, 0.05) is 13.0 Å². The van der Waals surface area contributed by atoms with Crippen molar-refractivity contribution in [2.24, 2.45) is 0 Å². The van der Waals surface area contributed by atoms with Gasteiger partial charge in [-0.1, -0.05) is 24.3 Å². The third kappa shape index (κ3) is 5.40. The van der Waals surface area contributed by atoms with Gasteiger partial charge < -0.3 is 5.32 Å². The molecule has 0 fully saturated rings. The molecule has 0 unspecified atom stereocenters. The van der Waals surface area contributed by atoms with Crippen LogP contribution in [0.15, 0.2) is 24.3 Å². The number of amides is 1. The molecule has 0 aromatic heterocycles. The van der Waals surface area contributed by atoms with Crippen LogP contribution in [0.25, 0.3) is 0 Å². The average molecular weight is 153 g/mol. The van der Waals surface area contributed by atoms with Crippen LogP contribution in [0.5, 0.6) is 0 Å². The Labute approximate surface area is 68.0 Å². The van der Waals surface area contributed by atoms with Crippen molar-refractivity contribution in [1.82, 2.24) is 5.32 Å². The lowest BCUT2D eigenvalue weighted by Gasteiger charge is -1.97. The molecule has 0 aliphatic rings. The molecule has 0 aromatic rings. The Bertz CT molecular complexity index is 170. The molecule has 62 valence electrons. The molecule has 0 rings (SSSR count). The van der Waals surface area contributed by atoms with Crippen LogP contribution in [-0.4, -0.2) is 12.5 Å². The summed E-state index contributed by atoms with van der Waals surface area (Å²) in [7, 11) is 0. The largest absolute Gasteiger partial charge is 0.356 e. The summed E-state index contributed by atoms with van der Waals surface area (Å²) >= 11 is 0. The van der Waals surface area contributed by atoms with E-state index in [4.69, 9.17) is 0 Å². The fourth-order valence-corrected chi connectivity index (χ4v) is 0.606. The average Bonchev–Trinajstić information content (AvgIpc) is 2.01. The van der Waals surface area contributed by atoms with E-state index in [0.29, 0.717) is 13.0 Å². The van der Waals surface area contributed by atoms with Gasteiger partial charge in [-0.2, -0.15) is 0 Å². The summed E-state index contributed by atoms with van der Waals surface area (Å²) in [6, 6.07) is 0. The van der Waals surface area contributed by atoms with Crippen molar-refractivity contribution in [2.45, 2.75) is 20.3 Å². The Kier molecular flexibility index (Phi) is 5.17. The summed E-state index contributed by atoms with van der Waals surface area (Å²) in [6.45, 7) is 8.11. The lowest BCUT2D eigenvalue weighted by atomic mass is 10.2. The minimum absolute atomic E-state index is 0.0636. The lowest BCUT2D eigenvalue weighted by molar-refractivity contribution is -0.120. The number of allylic oxidation sites excluding steroid dienone is 2. The van der Waals surface area contributed by atoms with E-state index in [1.807, 2.05) is 19.9 Å². The maximum absolute atomic E-state index is 10.9. The molecular weight excluding hydrogens is 138 g/mol. The molecular formula is C9H15NO. The molecule has 0 aliphatic heterocycles. The zero-order chi connectivity index (χ0) is 8.69. The number of hydrogen-bond acceptors (Lipinski definition) is 1. The van der Waals surface area contributed by atoms with Gasteiger partial charge in [-0.15, -0.1) is 0 Å². The topological polar surface area (TPSA) is 29.1 Å². The van der Waals surface area contributed by atoms with Crippen LogP contribution in [0.4, 0.5) is 0 Å². The lowest BCUT2D eigenvalue weighted by Crippen LogP contribution is -2.21. The number of carbonyl (C=O) groups is 1. The maximum Gasteiger partial charge on any atom is 0.223 e. The molecule has 1 N–H and O–H groups in total. The first kappa shape index (κ1) is 9.95. The standard InChI is InChI=1S/C9H15NO/c1-4-8(3)6-7-9(11)10-5-2/h4,6H,1,5,7H2,2-3H3,(H,10,11)/b8-6-. The second kappa shape index (κ2) is 5.71. The van der Waals surface area contributed by atoms with Crippen LogP contribution in [-0.2, 0) is 4.79 Å².